The number of piperazine rings is 1. The number of carbonyl (C=O) groups is 1. The molecule has 0 unspecified atom stereocenters. The van der Waals surface area contributed by atoms with Crippen molar-refractivity contribution in [2.75, 3.05) is 36.4 Å². The first kappa shape index (κ1) is 19.5. The zero-order chi connectivity index (χ0) is 20.1. The molecule has 1 aromatic heterocycles. The van der Waals surface area contributed by atoms with Crippen LogP contribution in [-0.2, 0) is 0 Å². The van der Waals surface area contributed by atoms with E-state index in [4.69, 9.17) is 4.74 Å². The van der Waals surface area contributed by atoms with Crippen molar-refractivity contribution in [3.8, 4) is 11.8 Å². The fourth-order valence-electron chi connectivity index (χ4n) is 3.14. The predicted molar refractivity (Wildman–Crippen MR) is 109 cm³/mol. The largest absolute Gasteiger partial charge is 0.491 e. The Morgan fingerprint density at radius 2 is 2.00 bits per heavy atom. The van der Waals surface area contributed by atoms with Crippen LogP contribution in [0.3, 0.4) is 0 Å². The third-order valence-corrected chi connectivity index (χ3v) is 4.63. The smallest absolute Gasteiger partial charge is 0.321 e. The van der Waals surface area contributed by atoms with Crippen molar-refractivity contribution in [2.45, 2.75) is 26.9 Å². The molecular formula is C21H25N5O2. The Bertz CT molecular complexity index is 883. The third kappa shape index (κ3) is 4.52. The molecule has 28 heavy (non-hydrogen) atoms. The van der Waals surface area contributed by atoms with Gasteiger partial charge in [-0.15, -0.1) is 0 Å². The second kappa shape index (κ2) is 8.61. The van der Waals surface area contributed by atoms with E-state index in [2.05, 4.69) is 21.3 Å². The van der Waals surface area contributed by atoms with Gasteiger partial charge in [-0.1, -0.05) is 6.07 Å². The Morgan fingerprint density at radius 3 is 2.68 bits per heavy atom. The quantitative estimate of drug-likeness (QED) is 0.880. The van der Waals surface area contributed by atoms with E-state index >= 15 is 0 Å². The van der Waals surface area contributed by atoms with E-state index in [1.807, 2.05) is 39.0 Å². The number of anilines is 2. The highest BCUT2D eigenvalue weighted by Crippen LogP contribution is 2.24. The van der Waals surface area contributed by atoms with Gasteiger partial charge in [-0.05, 0) is 38.5 Å². The first-order chi connectivity index (χ1) is 13.5. The molecule has 3 rings (SSSR count). The van der Waals surface area contributed by atoms with Crippen molar-refractivity contribution in [3.05, 3.63) is 47.8 Å². The summed E-state index contributed by atoms with van der Waals surface area (Å²) in [6, 6.07) is 9.46. The highest BCUT2D eigenvalue weighted by atomic mass is 16.5. The average Bonchev–Trinajstić information content (AvgIpc) is 2.70. The number of hydrogen-bond acceptors (Lipinski definition) is 5. The number of aryl methyl sites for hydroxylation is 1. The number of carbonyl (C=O) groups excluding carboxylic acids is 1. The van der Waals surface area contributed by atoms with Crippen LogP contribution in [0.2, 0.25) is 0 Å². The second-order valence-electron chi connectivity index (χ2n) is 7.06. The van der Waals surface area contributed by atoms with Gasteiger partial charge in [0.25, 0.3) is 0 Å². The molecule has 0 bridgehead atoms. The number of rotatable bonds is 4. The fraction of sp³-hybridized carbons (Fsp3) is 0.381. The molecule has 0 aliphatic carbocycles. The van der Waals surface area contributed by atoms with Crippen molar-refractivity contribution >= 4 is 17.4 Å². The number of benzene rings is 1. The van der Waals surface area contributed by atoms with Crippen molar-refractivity contribution < 1.29 is 9.53 Å². The van der Waals surface area contributed by atoms with E-state index in [0.29, 0.717) is 37.4 Å². The Hall–Kier alpha value is -3.27. The summed E-state index contributed by atoms with van der Waals surface area (Å²) in [5, 5.41) is 12.2. The lowest BCUT2D eigenvalue weighted by molar-refractivity contribution is 0.208. The number of nitrogens with zero attached hydrogens (tertiary/aromatic N) is 4. The standard InChI is InChI=1S/C21H25N5O2/c1-15(2)28-20-12-18(5-4-16(20)3)24-21(27)26-10-8-25(9-11-26)19-14-23-7-6-17(19)13-22/h4-7,12,14-15H,8-11H2,1-3H3,(H,24,27). The number of aromatic nitrogens is 1. The van der Waals surface area contributed by atoms with E-state index in [0.717, 1.165) is 17.0 Å². The normalized spacial score (nSPS) is 14.0. The van der Waals surface area contributed by atoms with Crippen LogP contribution < -0.4 is 15.0 Å². The SMILES string of the molecule is Cc1ccc(NC(=O)N2CCN(c3cnccc3C#N)CC2)cc1OC(C)C. The molecule has 1 N–H and O–H groups in total. The maximum atomic E-state index is 12.6. The van der Waals surface area contributed by atoms with Crippen LogP contribution in [-0.4, -0.2) is 48.2 Å². The van der Waals surface area contributed by atoms with Crippen LogP contribution in [0.25, 0.3) is 0 Å². The molecule has 1 fully saturated rings. The van der Waals surface area contributed by atoms with Crippen LogP contribution >= 0.6 is 0 Å². The molecule has 2 heterocycles. The summed E-state index contributed by atoms with van der Waals surface area (Å²) < 4.78 is 5.79. The zero-order valence-electron chi connectivity index (χ0n) is 16.5. The van der Waals surface area contributed by atoms with Gasteiger partial charge in [0.2, 0.25) is 0 Å². The van der Waals surface area contributed by atoms with E-state index in [1.165, 1.54) is 0 Å². The Morgan fingerprint density at radius 1 is 1.25 bits per heavy atom. The van der Waals surface area contributed by atoms with Gasteiger partial charge >= 0.3 is 6.03 Å². The number of hydrogen-bond donors (Lipinski definition) is 1. The fourth-order valence-corrected chi connectivity index (χ4v) is 3.14. The second-order valence-corrected chi connectivity index (χ2v) is 7.06. The topological polar surface area (TPSA) is 81.5 Å². The van der Waals surface area contributed by atoms with Crippen LogP contribution in [0.4, 0.5) is 16.2 Å². The molecule has 0 radical (unpaired) electrons. The molecular weight excluding hydrogens is 354 g/mol. The molecule has 1 saturated heterocycles. The average molecular weight is 379 g/mol. The number of urea groups is 1. The predicted octanol–water partition coefficient (Wildman–Crippen LogP) is 3.40. The maximum Gasteiger partial charge on any atom is 0.321 e. The van der Waals surface area contributed by atoms with Crippen LogP contribution in [0, 0.1) is 18.3 Å². The Kier molecular flexibility index (Phi) is 5.99. The minimum atomic E-state index is -0.134. The van der Waals surface area contributed by atoms with E-state index in [9.17, 15) is 10.1 Å². The third-order valence-electron chi connectivity index (χ3n) is 4.63. The molecule has 0 saturated carbocycles. The summed E-state index contributed by atoms with van der Waals surface area (Å²) in [5.74, 6) is 0.776. The Balaban J connectivity index is 1.61. The molecule has 2 aromatic rings. The summed E-state index contributed by atoms with van der Waals surface area (Å²) >= 11 is 0. The maximum absolute atomic E-state index is 12.6. The minimum Gasteiger partial charge on any atom is -0.491 e. The van der Waals surface area contributed by atoms with Gasteiger partial charge in [0, 0.05) is 44.1 Å². The van der Waals surface area contributed by atoms with E-state index in [1.54, 1.807) is 23.4 Å². The van der Waals surface area contributed by atoms with Crippen molar-refractivity contribution in [1.82, 2.24) is 9.88 Å². The lowest BCUT2D eigenvalue weighted by atomic mass is 10.2. The monoisotopic (exact) mass is 379 g/mol. The summed E-state index contributed by atoms with van der Waals surface area (Å²) in [5.41, 5.74) is 3.17. The molecule has 7 nitrogen and oxygen atoms in total. The van der Waals surface area contributed by atoms with Gasteiger partial charge in [-0.3, -0.25) is 4.98 Å². The van der Waals surface area contributed by atoms with E-state index in [-0.39, 0.29) is 12.1 Å². The number of pyridine rings is 1. The number of nitriles is 1. The first-order valence-electron chi connectivity index (χ1n) is 9.40. The molecule has 0 atom stereocenters. The molecule has 2 amide bonds. The van der Waals surface area contributed by atoms with E-state index < -0.39 is 0 Å². The van der Waals surface area contributed by atoms with Crippen molar-refractivity contribution in [2.24, 2.45) is 0 Å². The van der Waals surface area contributed by atoms with Gasteiger partial charge in [0.05, 0.1) is 23.6 Å². The van der Waals surface area contributed by atoms with Gasteiger partial charge in [-0.25, -0.2) is 4.79 Å². The van der Waals surface area contributed by atoms with Gasteiger partial charge < -0.3 is 19.9 Å². The lowest BCUT2D eigenvalue weighted by Crippen LogP contribution is -2.50. The molecule has 7 heteroatoms. The summed E-state index contributed by atoms with van der Waals surface area (Å²) in [6.07, 6.45) is 3.39. The van der Waals surface area contributed by atoms with Gasteiger partial charge in [0.15, 0.2) is 0 Å². The Labute approximate surface area is 165 Å². The number of nitrogens with one attached hydrogen (secondary N) is 1. The number of amides is 2. The van der Waals surface area contributed by atoms with Crippen molar-refractivity contribution in [3.63, 3.8) is 0 Å². The van der Waals surface area contributed by atoms with Gasteiger partial charge in [-0.2, -0.15) is 5.26 Å². The first-order valence-corrected chi connectivity index (χ1v) is 9.40. The highest BCUT2D eigenvalue weighted by molar-refractivity contribution is 5.89. The minimum absolute atomic E-state index is 0.0727. The summed E-state index contributed by atoms with van der Waals surface area (Å²) in [7, 11) is 0. The number of ether oxygens (including phenoxy) is 1. The van der Waals surface area contributed by atoms with Crippen LogP contribution in [0.15, 0.2) is 36.7 Å². The van der Waals surface area contributed by atoms with Gasteiger partial charge in [0.1, 0.15) is 11.8 Å². The summed E-state index contributed by atoms with van der Waals surface area (Å²) in [6.45, 7) is 8.40. The molecule has 0 spiro atoms. The molecule has 146 valence electrons. The van der Waals surface area contributed by atoms with Crippen molar-refractivity contribution in [1.29, 1.82) is 5.26 Å². The molecule has 1 aliphatic rings. The lowest BCUT2D eigenvalue weighted by Gasteiger charge is -2.36. The van der Waals surface area contributed by atoms with Crippen LogP contribution in [0.1, 0.15) is 25.0 Å². The molecule has 1 aliphatic heterocycles. The van der Waals surface area contributed by atoms with Crippen LogP contribution in [0.5, 0.6) is 5.75 Å². The molecule has 1 aromatic carbocycles. The highest BCUT2D eigenvalue weighted by Gasteiger charge is 2.23. The summed E-state index contributed by atoms with van der Waals surface area (Å²) in [4.78, 5) is 20.6. The zero-order valence-corrected chi connectivity index (χ0v) is 16.5.